The second-order valence-electron chi connectivity index (χ2n) is 3.93. The third-order valence-electron chi connectivity index (χ3n) is 2.64. The van der Waals surface area contributed by atoms with Crippen molar-refractivity contribution in [2.45, 2.75) is 6.92 Å². The summed E-state index contributed by atoms with van der Waals surface area (Å²) in [7, 11) is 1.56. The fourth-order valence-corrected chi connectivity index (χ4v) is 1.93. The Balaban J connectivity index is 2.40. The lowest BCUT2D eigenvalue weighted by molar-refractivity contribution is 0.0527. The van der Waals surface area contributed by atoms with E-state index in [9.17, 15) is 4.79 Å². The fraction of sp³-hybridized carbons (Fsp3) is 0.214. The monoisotopic (exact) mass is 307 g/mol. The summed E-state index contributed by atoms with van der Waals surface area (Å²) in [4.78, 5) is 19.8. The highest BCUT2D eigenvalue weighted by atomic mass is 35.5. The minimum absolute atomic E-state index is 0.0286. The summed E-state index contributed by atoms with van der Waals surface area (Å²) in [5, 5.41) is 3.04. The number of carbonyl (C=O) groups is 1. The molecule has 0 aliphatic rings. The van der Waals surface area contributed by atoms with Crippen LogP contribution in [-0.4, -0.2) is 29.7 Å². The van der Waals surface area contributed by atoms with Crippen LogP contribution in [0.5, 0.6) is 5.75 Å². The highest BCUT2D eigenvalue weighted by Crippen LogP contribution is 2.29. The third kappa shape index (κ3) is 3.41. The molecule has 0 unspecified atom stereocenters. The highest BCUT2D eigenvalue weighted by molar-refractivity contribution is 6.33. The molecule has 0 saturated carbocycles. The molecule has 7 heteroatoms. The van der Waals surface area contributed by atoms with E-state index in [0.29, 0.717) is 11.4 Å². The van der Waals surface area contributed by atoms with E-state index < -0.39 is 5.97 Å². The Hall–Kier alpha value is -2.34. The number of methoxy groups -OCH3 is 1. The van der Waals surface area contributed by atoms with Crippen LogP contribution >= 0.6 is 11.6 Å². The van der Waals surface area contributed by atoms with E-state index >= 15 is 0 Å². The molecule has 0 atom stereocenters. The molecule has 1 aromatic heterocycles. The molecule has 0 saturated heterocycles. The second-order valence-corrected chi connectivity index (χ2v) is 4.29. The summed E-state index contributed by atoms with van der Waals surface area (Å²) >= 11 is 5.98. The fourth-order valence-electron chi connectivity index (χ4n) is 1.72. The van der Waals surface area contributed by atoms with Crippen molar-refractivity contribution in [2.75, 3.05) is 19.0 Å². The zero-order valence-corrected chi connectivity index (χ0v) is 12.3. The van der Waals surface area contributed by atoms with E-state index in [0.717, 1.165) is 0 Å². The van der Waals surface area contributed by atoms with Gasteiger partial charge >= 0.3 is 5.97 Å². The predicted octanol–water partition coefficient (Wildman–Crippen LogP) is 3.06. The van der Waals surface area contributed by atoms with Crippen LogP contribution in [0.2, 0.25) is 5.15 Å². The summed E-state index contributed by atoms with van der Waals surface area (Å²) in [6, 6.07) is 7.25. The van der Waals surface area contributed by atoms with Gasteiger partial charge in [0.1, 0.15) is 28.6 Å². The molecule has 0 fully saturated rings. The van der Waals surface area contributed by atoms with Gasteiger partial charge in [0.05, 0.1) is 19.4 Å². The Labute approximate surface area is 127 Å². The van der Waals surface area contributed by atoms with Crippen molar-refractivity contribution in [2.24, 2.45) is 0 Å². The predicted molar refractivity (Wildman–Crippen MR) is 79.3 cm³/mol. The molecule has 110 valence electrons. The second kappa shape index (κ2) is 6.90. The van der Waals surface area contributed by atoms with Gasteiger partial charge in [-0.3, -0.25) is 0 Å². The van der Waals surface area contributed by atoms with E-state index in [2.05, 4.69) is 15.3 Å². The molecule has 0 spiro atoms. The maximum atomic E-state index is 12.0. The molecule has 1 heterocycles. The zero-order valence-electron chi connectivity index (χ0n) is 11.6. The Morgan fingerprint density at radius 2 is 2.10 bits per heavy atom. The first-order valence-electron chi connectivity index (χ1n) is 6.25. The van der Waals surface area contributed by atoms with Gasteiger partial charge < -0.3 is 14.8 Å². The van der Waals surface area contributed by atoms with Gasteiger partial charge in [0.25, 0.3) is 0 Å². The van der Waals surface area contributed by atoms with Crippen molar-refractivity contribution < 1.29 is 14.3 Å². The quantitative estimate of drug-likeness (QED) is 0.676. The van der Waals surface area contributed by atoms with Gasteiger partial charge in [0, 0.05) is 0 Å². The van der Waals surface area contributed by atoms with Crippen LogP contribution in [0.15, 0.2) is 30.6 Å². The van der Waals surface area contributed by atoms with Gasteiger partial charge in [-0.15, -0.1) is 0 Å². The molecule has 2 aromatic rings. The number of anilines is 2. The summed E-state index contributed by atoms with van der Waals surface area (Å²) in [5.41, 5.74) is 0.743. The van der Waals surface area contributed by atoms with E-state index in [-0.39, 0.29) is 23.1 Å². The molecule has 6 nitrogen and oxygen atoms in total. The first-order chi connectivity index (χ1) is 10.2. The first-order valence-corrected chi connectivity index (χ1v) is 6.62. The van der Waals surface area contributed by atoms with E-state index in [1.165, 1.54) is 6.33 Å². The van der Waals surface area contributed by atoms with E-state index in [1.807, 2.05) is 12.1 Å². The van der Waals surface area contributed by atoms with Gasteiger partial charge in [-0.25, -0.2) is 14.8 Å². The molecular formula is C14H14ClN3O3. The smallest absolute Gasteiger partial charge is 0.345 e. The van der Waals surface area contributed by atoms with Crippen molar-refractivity contribution in [3.8, 4) is 5.75 Å². The number of carbonyl (C=O) groups excluding carboxylic acids is 1. The van der Waals surface area contributed by atoms with Crippen LogP contribution in [0.1, 0.15) is 17.3 Å². The molecule has 0 aliphatic carbocycles. The molecule has 1 aromatic carbocycles. The molecular weight excluding hydrogens is 294 g/mol. The molecule has 0 aliphatic heterocycles. The van der Waals surface area contributed by atoms with Crippen LogP contribution < -0.4 is 10.1 Å². The number of benzene rings is 1. The van der Waals surface area contributed by atoms with Gasteiger partial charge in [-0.05, 0) is 19.1 Å². The van der Waals surface area contributed by atoms with Crippen molar-refractivity contribution in [3.63, 3.8) is 0 Å². The number of aromatic nitrogens is 2. The maximum absolute atomic E-state index is 12.0. The largest absolute Gasteiger partial charge is 0.495 e. The van der Waals surface area contributed by atoms with Crippen LogP contribution in [0.25, 0.3) is 0 Å². The Morgan fingerprint density at radius 1 is 1.33 bits per heavy atom. The zero-order chi connectivity index (χ0) is 15.2. The van der Waals surface area contributed by atoms with E-state index in [4.69, 9.17) is 21.1 Å². The van der Waals surface area contributed by atoms with Gasteiger partial charge in [0.15, 0.2) is 0 Å². The minimum Gasteiger partial charge on any atom is -0.495 e. The SMILES string of the molecule is CCOC(=O)c1c(Cl)ncnc1Nc1ccccc1OC. The number of para-hydroxylation sites is 2. The van der Waals surface area contributed by atoms with Crippen molar-refractivity contribution in [1.82, 2.24) is 9.97 Å². The summed E-state index contributed by atoms with van der Waals surface area (Å²) in [5.74, 6) is 0.292. The van der Waals surface area contributed by atoms with Crippen LogP contribution in [0.3, 0.4) is 0 Å². The number of hydrogen-bond acceptors (Lipinski definition) is 6. The number of nitrogens with zero attached hydrogens (tertiary/aromatic N) is 2. The Kier molecular flexibility index (Phi) is 4.94. The van der Waals surface area contributed by atoms with Crippen molar-refractivity contribution in [3.05, 3.63) is 41.3 Å². The highest BCUT2D eigenvalue weighted by Gasteiger charge is 2.20. The van der Waals surface area contributed by atoms with E-state index in [1.54, 1.807) is 26.2 Å². The van der Waals surface area contributed by atoms with Crippen molar-refractivity contribution in [1.29, 1.82) is 0 Å². The molecule has 21 heavy (non-hydrogen) atoms. The normalized spacial score (nSPS) is 10.0. The lowest BCUT2D eigenvalue weighted by Gasteiger charge is -2.13. The molecule has 1 N–H and O–H groups in total. The Bertz CT molecular complexity index is 649. The lowest BCUT2D eigenvalue weighted by Crippen LogP contribution is -2.11. The van der Waals surface area contributed by atoms with Crippen LogP contribution in [0.4, 0.5) is 11.5 Å². The summed E-state index contributed by atoms with van der Waals surface area (Å²) < 4.78 is 10.2. The summed E-state index contributed by atoms with van der Waals surface area (Å²) in [6.45, 7) is 1.95. The molecule has 0 radical (unpaired) electrons. The van der Waals surface area contributed by atoms with Gasteiger partial charge in [-0.2, -0.15) is 0 Å². The average Bonchev–Trinajstić information content (AvgIpc) is 2.48. The van der Waals surface area contributed by atoms with Crippen LogP contribution in [-0.2, 0) is 4.74 Å². The number of rotatable bonds is 5. The number of nitrogens with one attached hydrogen (secondary N) is 1. The number of esters is 1. The maximum Gasteiger partial charge on any atom is 0.345 e. The average molecular weight is 308 g/mol. The summed E-state index contributed by atoms with van der Waals surface area (Å²) in [6.07, 6.45) is 1.27. The number of hydrogen-bond donors (Lipinski definition) is 1. The Morgan fingerprint density at radius 3 is 2.81 bits per heavy atom. The lowest BCUT2D eigenvalue weighted by atomic mass is 10.2. The molecule has 0 bridgehead atoms. The standard InChI is InChI=1S/C14H14ClN3O3/c1-3-21-14(19)11-12(15)16-8-17-13(11)18-9-6-4-5-7-10(9)20-2/h4-8H,3H2,1-2H3,(H,16,17,18). The minimum atomic E-state index is -0.583. The topological polar surface area (TPSA) is 73.3 Å². The molecule has 0 amide bonds. The van der Waals surface area contributed by atoms with Gasteiger partial charge in [0.2, 0.25) is 0 Å². The number of halogens is 1. The van der Waals surface area contributed by atoms with Gasteiger partial charge in [-0.1, -0.05) is 23.7 Å². The van der Waals surface area contributed by atoms with Crippen molar-refractivity contribution >= 4 is 29.1 Å². The third-order valence-corrected chi connectivity index (χ3v) is 2.93. The first kappa shape index (κ1) is 15.1. The van der Waals surface area contributed by atoms with Crippen LogP contribution in [0, 0.1) is 0 Å². The number of ether oxygens (including phenoxy) is 2. The molecule has 2 rings (SSSR count).